The maximum Gasteiger partial charge on any atom is 0.0889 e. The maximum atomic E-state index is 10.8. The smallest absolute Gasteiger partial charge is 0.0889 e. The largest absolute Gasteiger partial charge is 0.393 e. The molecule has 0 radical (unpaired) electrons. The summed E-state index contributed by atoms with van der Waals surface area (Å²) in [7, 11) is 0. The van der Waals surface area contributed by atoms with E-state index in [-0.39, 0.29) is 34.6 Å². The SMILES string of the molecule is C[C@H]([C@@H]1C[C@H](O)C(C)(C)O1)[C@H]1CC[C@@]2(C)C3=C(CC[C@]12C)[C@@]1(C)CC[C@H](O)C(C)(C)C1CC3. The minimum Gasteiger partial charge on any atom is -0.393 e. The molecule has 3 fully saturated rings. The van der Waals surface area contributed by atoms with E-state index in [2.05, 4.69) is 41.5 Å². The van der Waals surface area contributed by atoms with Crippen LogP contribution in [0.2, 0.25) is 0 Å². The third-order valence-electron chi connectivity index (χ3n) is 12.7. The third-order valence-corrected chi connectivity index (χ3v) is 12.7. The van der Waals surface area contributed by atoms with Gasteiger partial charge in [0.1, 0.15) is 0 Å². The van der Waals surface area contributed by atoms with Crippen LogP contribution in [0.25, 0.3) is 0 Å². The number of hydrogen-bond donors (Lipinski definition) is 2. The van der Waals surface area contributed by atoms with Gasteiger partial charge in [0, 0.05) is 6.42 Å². The summed E-state index contributed by atoms with van der Waals surface area (Å²) in [5, 5.41) is 21.4. The summed E-state index contributed by atoms with van der Waals surface area (Å²) in [5.74, 6) is 1.72. The summed E-state index contributed by atoms with van der Waals surface area (Å²) in [6.45, 7) is 18.9. The highest BCUT2D eigenvalue weighted by molar-refractivity contribution is 5.38. The van der Waals surface area contributed by atoms with Crippen molar-refractivity contribution >= 4 is 0 Å². The lowest BCUT2D eigenvalue weighted by Gasteiger charge is -2.62. The normalized spacial score (nSPS) is 51.6. The summed E-state index contributed by atoms with van der Waals surface area (Å²) in [5.41, 5.74) is 4.03. The van der Waals surface area contributed by atoms with Crippen LogP contribution in [-0.4, -0.2) is 34.1 Å². The molecule has 3 heteroatoms. The van der Waals surface area contributed by atoms with Crippen LogP contribution in [-0.2, 0) is 4.74 Å². The lowest BCUT2D eigenvalue weighted by Crippen LogP contribution is -2.55. The van der Waals surface area contributed by atoms with E-state index in [0.717, 1.165) is 19.3 Å². The van der Waals surface area contributed by atoms with Gasteiger partial charge in [-0.05, 0) is 105 Å². The van der Waals surface area contributed by atoms with Crippen LogP contribution >= 0.6 is 0 Å². The zero-order valence-electron chi connectivity index (χ0n) is 22.6. The van der Waals surface area contributed by atoms with Crippen molar-refractivity contribution in [3.05, 3.63) is 11.1 Å². The van der Waals surface area contributed by atoms with Crippen molar-refractivity contribution in [1.82, 2.24) is 0 Å². The van der Waals surface area contributed by atoms with Crippen molar-refractivity contribution in [2.45, 2.75) is 137 Å². The molecule has 0 aromatic rings. The lowest BCUT2D eigenvalue weighted by atomic mass is 9.43. The van der Waals surface area contributed by atoms with Crippen LogP contribution in [0, 0.1) is 39.4 Å². The van der Waals surface area contributed by atoms with Crippen LogP contribution in [0.15, 0.2) is 11.1 Å². The fraction of sp³-hybridized carbons (Fsp3) is 0.933. The van der Waals surface area contributed by atoms with Crippen LogP contribution in [0.3, 0.4) is 0 Å². The first-order chi connectivity index (χ1) is 15.2. The Labute approximate surface area is 202 Å². The quantitative estimate of drug-likeness (QED) is 0.455. The van der Waals surface area contributed by atoms with Crippen molar-refractivity contribution in [3.8, 4) is 0 Å². The highest BCUT2D eigenvalue weighted by atomic mass is 16.5. The van der Waals surface area contributed by atoms with E-state index in [4.69, 9.17) is 4.74 Å². The molecule has 0 aromatic heterocycles. The van der Waals surface area contributed by atoms with Gasteiger partial charge in [-0.1, -0.05) is 52.7 Å². The van der Waals surface area contributed by atoms with Gasteiger partial charge in [0.2, 0.25) is 0 Å². The average Bonchev–Trinajstić information content (AvgIpc) is 3.17. The third kappa shape index (κ3) is 3.10. The Morgan fingerprint density at radius 3 is 2.15 bits per heavy atom. The molecular weight excluding hydrogens is 408 g/mol. The van der Waals surface area contributed by atoms with Gasteiger partial charge >= 0.3 is 0 Å². The zero-order valence-corrected chi connectivity index (χ0v) is 22.6. The standard InChI is InChI=1S/C30H50O3/c1-18(22-17-25(32)27(4,5)33-22)19-11-15-30(8)21-9-10-23-26(2,3)24(31)13-14-28(23,6)20(21)12-16-29(19,30)7/h18-19,22-25,31-32H,9-17H2,1-8H3/t18-,19+,22-,23?,24-,25-,28+,29+,30-/m0/s1. The van der Waals surface area contributed by atoms with Crippen LogP contribution in [0.5, 0.6) is 0 Å². The van der Waals surface area contributed by atoms with Gasteiger partial charge in [0.15, 0.2) is 0 Å². The summed E-state index contributed by atoms with van der Waals surface area (Å²) in [6, 6.07) is 0. The molecular formula is C30H50O3. The second kappa shape index (κ2) is 7.32. The predicted molar refractivity (Wildman–Crippen MR) is 134 cm³/mol. The van der Waals surface area contributed by atoms with E-state index < -0.39 is 5.60 Å². The molecule has 1 aliphatic heterocycles. The van der Waals surface area contributed by atoms with Crippen molar-refractivity contribution in [2.75, 3.05) is 0 Å². The number of aliphatic hydroxyl groups is 2. The van der Waals surface area contributed by atoms with Crippen molar-refractivity contribution in [3.63, 3.8) is 0 Å². The molecule has 1 unspecified atom stereocenters. The summed E-state index contributed by atoms with van der Waals surface area (Å²) in [6.07, 6.45) is 10.1. The number of hydrogen-bond acceptors (Lipinski definition) is 3. The highest BCUT2D eigenvalue weighted by Gasteiger charge is 2.64. The van der Waals surface area contributed by atoms with E-state index in [1.807, 2.05) is 19.4 Å². The molecule has 4 aliphatic carbocycles. The minimum atomic E-state index is -0.421. The van der Waals surface area contributed by atoms with Gasteiger partial charge in [-0.15, -0.1) is 0 Å². The molecule has 3 nitrogen and oxygen atoms in total. The molecule has 0 spiro atoms. The second-order valence-corrected chi connectivity index (χ2v) is 14.6. The Bertz CT molecular complexity index is 841. The highest BCUT2D eigenvalue weighted by Crippen LogP contribution is 2.72. The average molecular weight is 459 g/mol. The van der Waals surface area contributed by atoms with Gasteiger partial charge in [-0.25, -0.2) is 0 Å². The van der Waals surface area contributed by atoms with Crippen LogP contribution < -0.4 is 0 Å². The molecule has 0 aromatic carbocycles. The molecule has 5 aliphatic rings. The van der Waals surface area contributed by atoms with E-state index >= 15 is 0 Å². The van der Waals surface area contributed by atoms with E-state index in [0.29, 0.717) is 23.2 Å². The van der Waals surface area contributed by atoms with Crippen LogP contribution in [0.1, 0.15) is 113 Å². The predicted octanol–water partition coefficient (Wildman–Crippen LogP) is 6.66. The zero-order chi connectivity index (χ0) is 24.2. The minimum absolute atomic E-state index is 0.00730. The molecule has 9 atom stereocenters. The second-order valence-electron chi connectivity index (χ2n) is 14.6. The van der Waals surface area contributed by atoms with Crippen molar-refractivity contribution in [1.29, 1.82) is 0 Å². The van der Waals surface area contributed by atoms with E-state index in [1.54, 1.807) is 5.57 Å². The van der Waals surface area contributed by atoms with Gasteiger partial charge in [0.05, 0.1) is 23.9 Å². The number of rotatable bonds is 2. The first-order valence-electron chi connectivity index (χ1n) is 14.0. The summed E-state index contributed by atoms with van der Waals surface area (Å²) >= 11 is 0. The monoisotopic (exact) mass is 458 g/mol. The molecule has 188 valence electrons. The maximum absolute atomic E-state index is 10.8. The lowest BCUT2D eigenvalue weighted by molar-refractivity contribution is -0.101. The Balaban J connectivity index is 1.47. The first kappa shape index (κ1) is 24.3. The Hall–Kier alpha value is -0.380. The topological polar surface area (TPSA) is 49.7 Å². The van der Waals surface area contributed by atoms with Gasteiger partial charge in [-0.3, -0.25) is 0 Å². The fourth-order valence-corrected chi connectivity index (χ4v) is 10.2. The molecule has 0 amide bonds. The Kier molecular flexibility index (Phi) is 5.40. The van der Waals surface area contributed by atoms with Crippen molar-refractivity contribution in [2.24, 2.45) is 39.4 Å². The Morgan fingerprint density at radius 1 is 0.818 bits per heavy atom. The number of allylic oxidation sites excluding steroid dienone is 2. The van der Waals surface area contributed by atoms with Gasteiger partial charge < -0.3 is 14.9 Å². The van der Waals surface area contributed by atoms with Gasteiger partial charge in [0.25, 0.3) is 0 Å². The fourth-order valence-electron chi connectivity index (χ4n) is 10.2. The van der Waals surface area contributed by atoms with Crippen molar-refractivity contribution < 1.29 is 14.9 Å². The molecule has 0 bridgehead atoms. The molecule has 33 heavy (non-hydrogen) atoms. The molecule has 5 rings (SSSR count). The molecule has 2 saturated carbocycles. The van der Waals surface area contributed by atoms with Crippen LogP contribution in [0.4, 0.5) is 0 Å². The molecule has 2 N–H and O–H groups in total. The van der Waals surface area contributed by atoms with Gasteiger partial charge in [-0.2, -0.15) is 0 Å². The summed E-state index contributed by atoms with van der Waals surface area (Å²) < 4.78 is 6.43. The molecule has 1 saturated heterocycles. The number of aliphatic hydroxyl groups excluding tert-OH is 2. The molecule has 1 heterocycles. The van der Waals surface area contributed by atoms with E-state index in [1.165, 1.54) is 38.5 Å². The Morgan fingerprint density at radius 2 is 1.52 bits per heavy atom. The number of fused-ring (bicyclic) bond motifs is 4. The number of ether oxygens (including phenoxy) is 1. The first-order valence-corrected chi connectivity index (χ1v) is 14.0. The van der Waals surface area contributed by atoms with E-state index in [9.17, 15) is 10.2 Å². The summed E-state index contributed by atoms with van der Waals surface area (Å²) in [4.78, 5) is 0.